The standard InChI is InChI=1S/C22H22N4O2/c1-15-11-20(15)22(28)25-19-8-3-6-17(13-19)21(27)24-18-7-2-5-16(12-18)14-26-10-4-9-23-26/h2-10,12-13,15,20H,11,14H2,1H3,(H,24,27)(H,25,28)/t15-,20-/m0/s1. The van der Waals surface area contributed by atoms with Gasteiger partial charge in [0.05, 0.1) is 6.54 Å². The average Bonchev–Trinajstić information content (AvgIpc) is 3.20. The number of aromatic nitrogens is 2. The Hall–Kier alpha value is -3.41. The zero-order valence-electron chi connectivity index (χ0n) is 15.6. The van der Waals surface area contributed by atoms with Gasteiger partial charge < -0.3 is 10.6 Å². The molecule has 3 aromatic rings. The van der Waals surface area contributed by atoms with Gasteiger partial charge in [-0.1, -0.05) is 25.1 Å². The van der Waals surface area contributed by atoms with Crippen molar-refractivity contribution in [2.24, 2.45) is 11.8 Å². The second kappa shape index (κ2) is 7.68. The highest BCUT2D eigenvalue weighted by Gasteiger charge is 2.39. The maximum Gasteiger partial charge on any atom is 0.255 e. The SMILES string of the molecule is C[C@H]1C[C@@H]1C(=O)Nc1cccc(C(=O)Nc2cccc(Cn3cccn3)c2)c1. The molecule has 6 heteroatoms. The fourth-order valence-electron chi connectivity index (χ4n) is 3.19. The van der Waals surface area contributed by atoms with E-state index in [1.54, 1.807) is 30.5 Å². The molecule has 2 amide bonds. The normalized spacial score (nSPS) is 17.8. The molecule has 6 nitrogen and oxygen atoms in total. The van der Waals surface area contributed by atoms with Crippen molar-refractivity contribution in [1.82, 2.24) is 9.78 Å². The summed E-state index contributed by atoms with van der Waals surface area (Å²) >= 11 is 0. The Morgan fingerprint density at radius 1 is 1.07 bits per heavy atom. The minimum absolute atomic E-state index is 0.0244. The zero-order valence-corrected chi connectivity index (χ0v) is 15.6. The van der Waals surface area contributed by atoms with Crippen LogP contribution in [0.1, 0.15) is 29.3 Å². The number of nitrogens with zero attached hydrogens (tertiary/aromatic N) is 2. The Bertz CT molecular complexity index is 997. The van der Waals surface area contributed by atoms with Crippen LogP contribution in [0.15, 0.2) is 67.0 Å². The van der Waals surface area contributed by atoms with E-state index in [0.717, 1.165) is 17.7 Å². The lowest BCUT2D eigenvalue weighted by atomic mass is 10.1. The van der Waals surface area contributed by atoms with Crippen molar-refractivity contribution in [3.63, 3.8) is 0 Å². The van der Waals surface area contributed by atoms with Gasteiger partial charge in [-0.05, 0) is 54.3 Å². The fraction of sp³-hybridized carbons (Fsp3) is 0.227. The fourth-order valence-corrected chi connectivity index (χ4v) is 3.19. The van der Waals surface area contributed by atoms with Gasteiger partial charge in [0.1, 0.15) is 0 Å². The molecule has 1 aromatic heterocycles. The lowest BCUT2D eigenvalue weighted by molar-refractivity contribution is -0.117. The van der Waals surface area contributed by atoms with Crippen LogP contribution in [0.4, 0.5) is 11.4 Å². The molecule has 0 saturated heterocycles. The summed E-state index contributed by atoms with van der Waals surface area (Å²) in [4.78, 5) is 24.7. The van der Waals surface area contributed by atoms with Crippen LogP contribution in [0.2, 0.25) is 0 Å². The molecule has 1 aliphatic carbocycles. The van der Waals surface area contributed by atoms with E-state index in [-0.39, 0.29) is 17.7 Å². The number of rotatable bonds is 6. The zero-order chi connectivity index (χ0) is 19.5. The predicted molar refractivity (Wildman–Crippen MR) is 108 cm³/mol. The smallest absolute Gasteiger partial charge is 0.255 e. The first-order chi connectivity index (χ1) is 13.6. The van der Waals surface area contributed by atoms with Crippen LogP contribution in [-0.4, -0.2) is 21.6 Å². The summed E-state index contributed by atoms with van der Waals surface area (Å²) in [7, 11) is 0. The summed E-state index contributed by atoms with van der Waals surface area (Å²) in [6.07, 6.45) is 4.57. The Kier molecular flexibility index (Phi) is 4.93. The number of amides is 2. The van der Waals surface area contributed by atoms with Crippen LogP contribution >= 0.6 is 0 Å². The predicted octanol–water partition coefficient (Wildman–Crippen LogP) is 3.78. The summed E-state index contributed by atoms with van der Waals surface area (Å²) < 4.78 is 1.83. The van der Waals surface area contributed by atoms with Crippen molar-refractivity contribution in [2.45, 2.75) is 19.9 Å². The van der Waals surface area contributed by atoms with Gasteiger partial charge in [-0.15, -0.1) is 0 Å². The second-order valence-electron chi connectivity index (χ2n) is 7.25. The molecule has 2 atom stereocenters. The van der Waals surface area contributed by atoms with Gasteiger partial charge in [0, 0.05) is 35.2 Å². The van der Waals surface area contributed by atoms with E-state index >= 15 is 0 Å². The van der Waals surface area contributed by atoms with E-state index < -0.39 is 0 Å². The van der Waals surface area contributed by atoms with Crippen molar-refractivity contribution in [3.05, 3.63) is 78.1 Å². The van der Waals surface area contributed by atoms with Crippen LogP contribution in [0.25, 0.3) is 0 Å². The monoisotopic (exact) mass is 374 g/mol. The number of nitrogens with one attached hydrogen (secondary N) is 2. The van der Waals surface area contributed by atoms with E-state index in [2.05, 4.69) is 22.7 Å². The largest absolute Gasteiger partial charge is 0.326 e. The summed E-state index contributed by atoms with van der Waals surface area (Å²) in [5.41, 5.74) is 2.90. The average molecular weight is 374 g/mol. The molecule has 0 radical (unpaired) electrons. The maximum absolute atomic E-state index is 12.6. The second-order valence-corrected chi connectivity index (χ2v) is 7.25. The highest BCUT2D eigenvalue weighted by Crippen LogP contribution is 2.38. The first-order valence-electron chi connectivity index (χ1n) is 9.37. The first kappa shape index (κ1) is 18.0. The minimum atomic E-state index is -0.216. The number of hydrogen-bond acceptors (Lipinski definition) is 3. The van der Waals surface area contributed by atoms with Crippen LogP contribution in [0.5, 0.6) is 0 Å². The third-order valence-corrected chi connectivity index (χ3v) is 4.93. The van der Waals surface area contributed by atoms with Gasteiger partial charge in [-0.3, -0.25) is 14.3 Å². The highest BCUT2D eigenvalue weighted by atomic mass is 16.2. The molecule has 1 heterocycles. The topological polar surface area (TPSA) is 76.0 Å². The van der Waals surface area contributed by atoms with E-state index in [1.165, 1.54) is 0 Å². The van der Waals surface area contributed by atoms with Gasteiger partial charge >= 0.3 is 0 Å². The number of hydrogen-bond donors (Lipinski definition) is 2. The molecule has 142 valence electrons. The molecule has 2 aromatic carbocycles. The molecule has 0 aliphatic heterocycles. The van der Waals surface area contributed by atoms with E-state index in [4.69, 9.17) is 0 Å². The van der Waals surface area contributed by atoms with E-state index in [1.807, 2.05) is 41.2 Å². The number of carbonyl (C=O) groups is 2. The van der Waals surface area contributed by atoms with Gasteiger partial charge in [-0.2, -0.15) is 5.10 Å². The van der Waals surface area contributed by atoms with Crippen molar-refractivity contribution in [2.75, 3.05) is 10.6 Å². The number of anilines is 2. The van der Waals surface area contributed by atoms with Crippen LogP contribution in [-0.2, 0) is 11.3 Å². The van der Waals surface area contributed by atoms with Gasteiger partial charge in [0.2, 0.25) is 5.91 Å². The Balaban J connectivity index is 1.42. The summed E-state index contributed by atoms with van der Waals surface area (Å²) in [6.45, 7) is 2.70. The molecule has 4 rings (SSSR count). The lowest BCUT2D eigenvalue weighted by Crippen LogP contribution is -2.16. The lowest BCUT2D eigenvalue weighted by Gasteiger charge is -2.10. The molecule has 0 unspecified atom stereocenters. The quantitative estimate of drug-likeness (QED) is 0.689. The summed E-state index contributed by atoms with van der Waals surface area (Å²) in [5, 5.41) is 10.0. The number of benzene rings is 2. The Labute approximate surface area is 163 Å². The maximum atomic E-state index is 12.6. The van der Waals surface area contributed by atoms with Crippen molar-refractivity contribution >= 4 is 23.2 Å². The van der Waals surface area contributed by atoms with Crippen molar-refractivity contribution in [3.8, 4) is 0 Å². The summed E-state index contributed by atoms with van der Waals surface area (Å²) in [5.74, 6) is 0.346. The molecular formula is C22H22N4O2. The molecule has 1 fully saturated rings. The molecule has 28 heavy (non-hydrogen) atoms. The highest BCUT2D eigenvalue weighted by molar-refractivity contribution is 6.05. The first-order valence-corrected chi connectivity index (χ1v) is 9.37. The van der Waals surface area contributed by atoms with E-state index in [9.17, 15) is 9.59 Å². The number of carbonyl (C=O) groups excluding carboxylic acids is 2. The molecule has 1 aliphatic rings. The summed E-state index contributed by atoms with van der Waals surface area (Å²) in [6, 6.07) is 16.6. The van der Waals surface area contributed by atoms with Gasteiger partial charge in [0.25, 0.3) is 5.91 Å². The van der Waals surface area contributed by atoms with Crippen molar-refractivity contribution in [1.29, 1.82) is 0 Å². The van der Waals surface area contributed by atoms with Crippen LogP contribution in [0.3, 0.4) is 0 Å². The molecule has 0 spiro atoms. The molecule has 2 N–H and O–H groups in total. The molecular weight excluding hydrogens is 352 g/mol. The Morgan fingerprint density at radius 3 is 2.54 bits per heavy atom. The van der Waals surface area contributed by atoms with Crippen LogP contribution < -0.4 is 10.6 Å². The van der Waals surface area contributed by atoms with E-state index in [0.29, 0.717) is 23.7 Å². The van der Waals surface area contributed by atoms with Crippen LogP contribution in [0, 0.1) is 11.8 Å². The third-order valence-electron chi connectivity index (χ3n) is 4.93. The minimum Gasteiger partial charge on any atom is -0.326 e. The van der Waals surface area contributed by atoms with Gasteiger partial charge in [-0.25, -0.2) is 0 Å². The molecule has 0 bridgehead atoms. The molecule has 1 saturated carbocycles. The van der Waals surface area contributed by atoms with Gasteiger partial charge in [0.15, 0.2) is 0 Å². The van der Waals surface area contributed by atoms with Crippen molar-refractivity contribution < 1.29 is 9.59 Å². The third kappa shape index (κ3) is 4.28. The Morgan fingerprint density at radius 2 is 1.82 bits per heavy atom.